The zero-order valence-corrected chi connectivity index (χ0v) is 17.9. The van der Waals surface area contributed by atoms with Crippen molar-refractivity contribution in [2.24, 2.45) is 0 Å². The fourth-order valence-corrected chi connectivity index (χ4v) is 3.78. The van der Waals surface area contributed by atoms with E-state index in [2.05, 4.69) is 10.6 Å². The summed E-state index contributed by atoms with van der Waals surface area (Å²) in [5, 5.41) is 26.3. The third-order valence-corrected chi connectivity index (χ3v) is 4.77. The molecule has 0 aliphatic carbocycles. The summed E-state index contributed by atoms with van der Waals surface area (Å²) in [7, 11) is 0. The van der Waals surface area contributed by atoms with Gasteiger partial charge in [-0.2, -0.15) is 0 Å². The minimum atomic E-state index is -1.31. The maximum atomic E-state index is 11.7. The predicted molar refractivity (Wildman–Crippen MR) is 120 cm³/mol. The average molecular weight is 486 g/mol. The zero-order chi connectivity index (χ0) is 22.0. The molecule has 6 nitrogen and oxygen atoms in total. The maximum Gasteiger partial charge on any atom is 0.337 e. The number of carboxylic acid groups (broad SMARTS) is 2. The SMILES string of the molecule is O=C(O)c1cc(C(=O)O)c(Nc2cc(Cl)cc(Cl)c2)cc1Nc1cc(Cl)cc(Cl)c1. The van der Waals surface area contributed by atoms with E-state index in [-0.39, 0.29) is 22.5 Å². The Labute approximate surface area is 190 Å². The molecule has 30 heavy (non-hydrogen) atoms. The van der Waals surface area contributed by atoms with Gasteiger partial charge in [0, 0.05) is 31.5 Å². The molecule has 4 N–H and O–H groups in total. The molecule has 0 aromatic heterocycles. The molecule has 0 aliphatic rings. The number of rotatable bonds is 6. The topological polar surface area (TPSA) is 98.7 Å². The van der Waals surface area contributed by atoms with Crippen LogP contribution in [0.3, 0.4) is 0 Å². The van der Waals surface area contributed by atoms with E-state index in [0.717, 1.165) is 6.07 Å². The summed E-state index contributed by atoms with van der Waals surface area (Å²) in [4.78, 5) is 23.5. The maximum absolute atomic E-state index is 11.7. The van der Waals surface area contributed by atoms with Crippen LogP contribution in [0.5, 0.6) is 0 Å². The van der Waals surface area contributed by atoms with Crippen molar-refractivity contribution in [1.29, 1.82) is 0 Å². The smallest absolute Gasteiger partial charge is 0.337 e. The number of carboxylic acids is 2. The van der Waals surface area contributed by atoms with Crippen molar-refractivity contribution in [3.05, 3.63) is 79.7 Å². The predicted octanol–water partition coefficient (Wildman–Crippen LogP) is 7.18. The highest BCUT2D eigenvalue weighted by atomic mass is 35.5. The number of carbonyl (C=O) groups is 2. The van der Waals surface area contributed by atoms with Gasteiger partial charge in [0.05, 0.1) is 22.5 Å². The van der Waals surface area contributed by atoms with Crippen LogP contribution in [-0.4, -0.2) is 22.2 Å². The Morgan fingerprint density at radius 1 is 0.567 bits per heavy atom. The summed E-state index contributed by atoms with van der Waals surface area (Å²) < 4.78 is 0. The van der Waals surface area contributed by atoms with Crippen molar-refractivity contribution < 1.29 is 19.8 Å². The van der Waals surface area contributed by atoms with E-state index in [1.165, 1.54) is 18.2 Å². The van der Waals surface area contributed by atoms with Crippen LogP contribution in [0.2, 0.25) is 20.1 Å². The Hall–Kier alpha value is -2.64. The van der Waals surface area contributed by atoms with E-state index in [0.29, 0.717) is 31.5 Å². The van der Waals surface area contributed by atoms with Gasteiger partial charge in [0.15, 0.2) is 0 Å². The highest BCUT2D eigenvalue weighted by Gasteiger charge is 2.20. The molecule has 0 spiro atoms. The number of halogens is 4. The number of aromatic carboxylic acids is 2. The summed E-state index contributed by atoms with van der Waals surface area (Å²) >= 11 is 24.0. The monoisotopic (exact) mass is 484 g/mol. The molecule has 3 aromatic rings. The number of hydrogen-bond donors (Lipinski definition) is 4. The lowest BCUT2D eigenvalue weighted by atomic mass is 10.0. The Kier molecular flexibility index (Phi) is 6.63. The van der Waals surface area contributed by atoms with Crippen molar-refractivity contribution >= 4 is 81.1 Å². The van der Waals surface area contributed by atoms with Crippen LogP contribution >= 0.6 is 46.4 Å². The molecule has 0 saturated heterocycles. The molecule has 154 valence electrons. The Morgan fingerprint density at radius 2 is 0.900 bits per heavy atom. The van der Waals surface area contributed by atoms with E-state index in [4.69, 9.17) is 46.4 Å². The highest BCUT2D eigenvalue weighted by Crippen LogP contribution is 2.33. The van der Waals surface area contributed by atoms with Gasteiger partial charge in [0.2, 0.25) is 0 Å². The molecule has 0 saturated carbocycles. The summed E-state index contributed by atoms with van der Waals surface area (Å²) in [6.45, 7) is 0. The zero-order valence-electron chi connectivity index (χ0n) is 14.8. The Balaban J connectivity index is 2.12. The largest absolute Gasteiger partial charge is 0.478 e. The molecule has 3 rings (SSSR count). The summed E-state index contributed by atoms with van der Waals surface area (Å²) in [6, 6.07) is 11.7. The molecule has 10 heteroatoms. The molecule has 0 unspecified atom stereocenters. The first-order valence-corrected chi connectivity index (χ1v) is 9.74. The molecule has 0 radical (unpaired) electrons. The molecule has 0 fully saturated rings. The van der Waals surface area contributed by atoms with Crippen LogP contribution in [-0.2, 0) is 0 Å². The fraction of sp³-hybridized carbons (Fsp3) is 0. The van der Waals surface area contributed by atoms with E-state index in [1.807, 2.05) is 0 Å². The Morgan fingerprint density at radius 3 is 1.20 bits per heavy atom. The lowest BCUT2D eigenvalue weighted by molar-refractivity contribution is 0.0696. The molecular weight excluding hydrogens is 474 g/mol. The van der Waals surface area contributed by atoms with Crippen LogP contribution in [0.1, 0.15) is 20.7 Å². The van der Waals surface area contributed by atoms with Crippen LogP contribution in [0.4, 0.5) is 22.7 Å². The minimum absolute atomic E-state index is 0.126. The number of benzene rings is 3. The molecule has 0 atom stereocenters. The molecule has 0 aliphatic heterocycles. The van der Waals surface area contributed by atoms with Gasteiger partial charge >= 0.3 is 11.9 Å². The lowest BCUT2D eigenvalue weighted by Crippen LogP contribution is -2.09. The number of nitrogens with one attached hydrogen (secondary N) is 2. The van der Waals surface area contributed by atoms with E-state index >= 15 is 0 Å². The summed E-state index contributed by atoms with van der Waals surface area (Å²) in [5.74, 6) is -2.63. The quantitative estimate of drug-likeness (QED) is 0.295. The van der Waals surface area contributed by atoms with Crippen LogP contribution < -0.4 is 10.6 Å². The van der Waals surface area contributed by atoms with Crippen molar-refractivity contribution in [2.75, 3.05) is 10.6 Å². The molecule has 3 aromatic carbocycles. The van der Waals surface area contributed by atoms with Crippen molar-refractivity contribution in [1.82, 2.24) is 0 Å². The minimum Gasteiger partial charge on any atom is -0.478 e. The second kappa shape index (κ2) is 9.02. The van der Waals surface area contributed by atoms with Crippen molar-refractivity contribution in [3.8, 4) is 0 Å². The average Bonchev–Trinajstić information content (AvgIpc) is 2.59. The highest BCUT2D eigenvalue weighted by molar-refractivity contribution is 6.35. The van der Waals surface area contributed by atoms with Gasteiger partial charge in [-0.25, -0.2) is 9.59 Å². The second-order valence-electron chi connectivity index (χ2n) is 6.12. The third-order valence-electron chi connectivity index (χ3n) is 3.90. The van der Waals surface area contributed by atoms with Crippen LogP contribution in [0, 0.1) is 0 Å². The van der Waals surface area contributed by atoms with Gasteiger partial charge in [-0.05, 0) is 48.5 Å². The first-order chi connectivity index (χ1) is 14.1. The lowest BCUT2D eigenvalue weighted by Gasteiger charge is -2.16. The number of hydrogen-bond acceptors (Lipinski definition) is 4. The van der Waals surface area contributed by atoms with Gasteiger partial charge in [-0.3, -0.25) is 0 Å². The first-order valence-electron chi connectivity index (χ1n) is 8.23. The molecule has 0 heterocycles. The third kappa shape index (κ3) is 5.29. The van der Waals surface area contributed by atoms with E-state index in [9.17, 15) is 19.8 Å². The number of anilines is 4. The van der Waals surface area contributed by atoms with E-state index in [1.54, 1.807) is 24.3 Å². The van der Waals surface area contributed by atoms with Gasteiger partial charge in [0.1, 0.15) is 0 Å². The van der Waals surface area contributed by atoms with Gasteiger partial charge in [0.25, 0.3) is 0 Å². The second-order valence-corrected chi connectivity index (χ2v) is 7.87. The van der Waals surface area contributed by atoms with Gasteiger partial charge < -0.3 is 20.8 Å². The van der Waals surface area contributed by atoms with Gasteiger partial charge in [-0.15, -0.1) is 0 Å². The standard InChI is InChI=1S/C20H12Cl4N2O4/c21-9-1-10(22)4-13(3-9)25-17-8-18(16(20(29)30)7-15(17)19(27)28)26-14-5-11(23)2-12(24)6-14/h1-8,25-26H,(H,27,28)(H,29,30). The van der Waals surface area contributed by atoms with Crippen molar-refractivity contribution in [3.63, 3.8) is 0 Å². The molecule has 0 bridgehead atoms. The first kappa shape index (κ1) is 22.1. The van der Waals surface area contributed by atoms with E-state index < -0.39 is 11.9 Å². The Bertz CT molecular complexity index is 1040. The van der Waals surface area contributed by atoms with Crippen molar-refractivity contribution in [2.45, 2.75) is 0 Å². The van der Waals surface area contributed by atoms with Crippen LogP contribution in [0.15, 0.2) is 48.5 Å². The fourth-order valence-electron chi connectivity index (χ4n) is 2.72. The summed E-state index contributed by atoms with van der Waals surface area (Å²) in [6.07, 6.45) is 0. The van der Waals surface area contributed by atoms with Gasteiger partial charge in [-0.1, -0.05) is 46.4 Å². The summed E-state index contributed by atoms with van der Waals surface area (Å²) in [5.41, 5.74) is 0.601. The normalized spacial score (nSPS) is 10.5. The van der Waals surface area contributed by atoms with Crippen LogP contribution in [0.25, 0.3) is 0 Å². The molecular formula is C20H12Cl4N2O4. The molecule has 0 amide bonds.